The monoisotopic (exact) mass is 407 g/mol. The zero-order valence-corrected chi connectivity index (χ0v) is 16.9. The zero-order valence-electron chi connectivity index (χ0n) is 16.1. The number of nitrogens with zero attached hydrogens (tertiary/aromatic N) is 1. The number of carbonyl (C=O) groups is 1. The molecule has 0 aliphatic carbocycles. The van der Waals surface area contributed by atoms with Gasteiger partial charge in [0, 0.05) is 17.4 Å². The van der Waals surface area contributed by atoms with Crippen LogP contribution in [0.3, 0.4) is 0 Å². The summed E-state index contributed by atoms with van der Waals surface area (Å²) in [5, 5.41) is 2.84. The van der Waals surface area contributed by atoms with E-state index >= 15 is 0 Å². The van der Waals surface area contributed by atoms with Crippen molar-refractivity contribution in [2.75, 3.05) is 16.3 Å². The SMILES string of the molecule is Cc1ccc(C(=O)Nc2cccc(C=Cc3ccccn3)c2)cc1NS(C)(=O)=O. The van der Waals surface area contributed by atoms with Crippen LogP contribution in [0.4, 0.5) is 11.4 Å². The average Bonchev–Trinajstić information content (AvgIpc) is 2.68. The summed E-state index contributed by atoms with van der Waals surface area (Å²) in [5.74, 6) is -0.326. The van der Waals surface area contributed by atoms with E-state index in [4.69, 9.17) is 0 Å². The molecule has 0 spiro atoms. The highest BCUT2D eigenvalue weighted by molar-refractivity contribution is 7.92. The van der Waals surface area contributed by atoms with Gasteiger partial charge in [0.2, 0.25) is 10.0 Å². The Balaban J connectivity index is 1.76. The molecule has 3 aromatic rings. The highest BCUT2D eigenvalue weighted by Gasteiger charge is 2.11. The second kappa shape index (κ2) is 8.70. The van der Waals surface area contributed by atoms with Crippen molar-refractivity contribution in [2.24, 2.45) is 0 Å². The zero-order chi connectivity index (χ0) is 20.9. The highest BCUT2D eigenvalue weighted by Crippen LogP contribution is 2.20. The number of amides is 1. The molecule has 7 heteroatoms. The lowest BCUT2D eigenvalue weighted by atomic mass is 10.1. The molecule has 6 nitrogen and oxygen atoms in total. The van der Waals surface area contributed by atoms with Crippen LogP contribution in [0, 0.1) is 6.92 Å². The minimum absolute atomic E-state index is 0.326. The molecule has 3 rings (SSSR count). The third-order valence-electron chi connectivity index (χ3n) is 4.07. The van der Waals surface area contributed by atoms with Gasteiger partial charge in [-0.2, -0.15) is 0 Å². The number of nitrogens with one attached hydrogen (secondary N) is 2. The van der Waals surface area contributed by atoms with E-state index in [1.807, 2.05) is 48.6 Å². The molecule has 1 aromatic heterocycles. The van der Waals surface area contributed by atoms with Gasteiger partial charge in [0.05, 0.1) is 17.6 Å². The van der Waals surface area contributed by atoms with Crippen LogP contribution in [0.2, 0.25) is 0 Å². The lowest BCUT2D eigenvalue weighted by Crippen LogP contribution is -2.14. The Morgan fingerprint density at radius 2 is 1.83 bits per heavy atom. The van der Waals surface area contributed by atoms with E-state index in [2.05, 4.69) is 15.0 Å². The molecule has 0 fully saturated rings. The van der Waals surface area contributed by atoms with Crippen LogP contribution in [0.5, 0.6) is 0 Å². The molecule has 29 heavy (non-hydrogen) atoms. The van der Waals surface area contributed by atoms with E-state index in [0.29, 0.717) is 16.9 Å². The maximum atomic E-state index is 12.6. The van der Waals surface area contributed by atoms with Crippen molar-refractivity contribution in [2.45, 2.75) is 6.92 Å². The molecular weight excluding hydrogens is 386 g/mol. The second-order valence-corrected chi connectivity index (χ2v) is 8.32. The molecule has 1 heterocycles. The van der Waals surface area contributed by atoms with Gasteiger partial charge in [0.1, 0.15) is 0 Å². The topological polar surface area (TPSA) is 88.2 Å². The maximum Gasteiger partial charge on any atom is 0.255 e. The summed E-state index contributed by atoms with van der Waals surface area (Å²) in [4.78, 5) is 16.9. The van der Waals surface area contributed by atoms with Crippen molar-refractivity contribution in [1.29, 1.82) is 0 Å². The molecule has 0 bridgehead atoms. The fourth-order valence-corrected chi connectivity index (χ4v) is 3.27. The van der Waals surface area contributed by atoms with Gasteiger partial charge in [0.15, 0.2) is 0 Å². The van der Waals surface area contributed by atoms with Crippen molar-refractivity contribution in [3.05, 3.63) is 89.2 Å². The molecular formula is C22H21N3O3S. The van der Waals surface area contributed by atoms with Crippen LogP contribution in [0.1, 0.15) is 27.2 Å². The van der Waals surface area contributed by atoms with Gasteiger partial charge in [0.25, 0.3) is 5.91 Å². The first-order valence-electron chi connectivity index (χ1n) is 8.89. The quantitative estimate of drug-likeness (QED) is 0.641. The summed E-state index contributed by atoms with van der Waals surface area (Å²) in [6.45, 7) is 1.77. The Bertz CT molecular complexity index is 1160. The van der Waals surface area contributed by atoms with Gasteiger partial charge >= 0.3 is 0 Å². The van der Waals surface area contributed by atoms with Crippen molar-refractivity contribution in [1.82, 2.24) is 4.98 Å². The summed E-state index contributed by atoms with van der Waals surface area (Å²) >= 11 is 0. The molecule has 0 radical (unpaired) electrons. The van der Waals surface area contributed by atoms with Crippen molar-refractivity contribution >= 4 is 39.5 Å². The minimum Gasteiger partial charge on any atom is -0.322 e. The van der Waals surface area contributed by atoms with Crippen molar-refractivity contribution in [3.8, 4) is 0 Å². The number of rotatable bonds is 6. The highest BCUT2D eigenvalue weighted by atomic mass is 32.2. The molecule has 0 atom stereocenters. The molecule has 1 amide bonds. The van der Waals surface area contributed by atoms with Crippen LogP contribution < -0.4 is 10.0 Å². The molecule has 0 aliphatic heterocycles. The number of aryl methyl sites for hydroxylation is 1. The predicted octanol–water partition coefficient (Wildman–Crippen LogP) is 4.18. The van der Waals surface area contributed by atoms with Crippen LogP contribution in [-0.2, 0) is 10.0 Å². The first kappa shape index (κ1) is 20.3. The Labute approximate surface area is 170 Å². The van der Waals surface area contributed by atoms with Crippen LogP contribution >= 0.6 is 0 Å². The van der Waals surface area contributed by atoms with Gasteiger partial charge in [-0.1, -0.05) is 30.3 Å². The fourth-order valence-electron chi connectivity index (χ4n) is 2.65. The summed E-state index contributed by atoms with van der Waals surface area (Å²) in [6.07, 6.45) is 6.61. The molecule has 0 saturated heterocycles. The van der Waals surface area contributed by atoms with E-state index in [1.54, 1.807) is 31.3 Å². The first-order valence-corrected chi connectivity index (χ1v) is 10.8. The number of benzene rings is 2. The molecule has 0 aliphatic rings. The number of aromatic nitrogens is 1. The Morgan fingerprint density at radius 3 is 2.55 bits per heavy atom. The third-order valence-corrected chi connectivity index (χ3v) is 4.66. The van der Waals surface area contributed by atoms with Crippen molar-refractivity contribution in [3.63, 3.8) is 0 Å². The van der Waals surface area contributed by atoms with E-state index in [-0.39, 0.29) is 5.91 Å². The Morgan fingerprint density at radius 1 is 1.00 bits per heavy atom. The van der Waals surface area contributed by atoms with Gasteiger partial charge in [-0.15, -0.1) is 0 Å². The van der Waals surface area contributed by atoms with Crippen molar-refractivity contribution < 1.29 is 13.2 Å². The van der Waals surface area contributed by atoms with Gasteiger partial charge in [-0.3, -0.25) is 14.5 Å². The number of carbonyl (C=O) groups excluding carboxylic acids is 1. The standard InChI is InChI=1S/C22H21N3O3S/c1-16-9-11-18(15-21(16)25-29(2,27)28)22(26)24-20-8-5-6-17(14-20)10-12-19-7-3-4-13-23-19/h3-15,25H,1-2H3,(H,24,26). The maximum absolute atomic E-state index is 12.6. The first-order chi connectivity index (χ1) is 13.8. The largest absolute Gasteiger partial charge is 0.322 e. The molecule has 0 saturated carbocycles. The lowest BCUT2D eigenvalue weighted by Gasteiger charge is -2.11. The van der Waals surface area contributed by atoms with E-state index < -0.39 is 10.0 Å². The number of sulfonamides is 1. The lowest BCUT2D eigenvalue weighted by molar-refractivity contribution is 0.102. The minimum atomic E-state index is -3.43. The Kier molecular flexibility index (Phi) is 6.09. The summed E-state index contributed by atoms with van der Waals surface area (Å²) in [6, 6.07) is 18.0. The second-order valence-electron chi connectivity index (χ2n) is 6.57. The van der Waals surface area contributed by atoms with Crippen LogP contribution in [-0.4, -0.2) is 25.6 Å². The Hall–Kier alpha value is -3.45. The molecule has 148 valence electrons. The van der Waals surface area contributed by atoms with E-state index in [0.717, 1.165) is 23.1 Å². The fraction of sp³-hybridized carbons (Fsp3) is 0.0909. The average molecular weight is 407 g/mol. The summed E-state index contributed by atoms with van der Waals surface area (Å²) in [7, 11) is -3.43. The molecule has 0 unspecified atom stereocenters. The number of hydrogen-bond acceptors (Lipinski definition) is 4. The van der Waals surface area contributed by atoms with Gasteiger partial charge in [-0.05, 0) is 60.5 Å². The number of anilines is 2. The normalized spacial score (nSPS) is 11.4. The van der Waals surface area contributed by atoms with Gasteiger partial charge in [-0.25, -0.2) is 8.42 Å². The summed E-state index contributed by atoms with van der Waals surface area (Å²) < 4.78 is 25.4. The molecule has 2 N–H and O–H groups in total. The molecule has 2 aromatic carbocycles. The smallest absolute Gasteiger partial charge is 0.255 e. The van der Waals surface area contributed by atoms with E-state index in [1.165, 1.54) is 6.07 Å². The number of hydrogen-bond donors (Lipinski definition) is 2. The van der Waals surface area contributed by atoms with Crippen LogP contribution in [0.15, 0.2) is 66.9 Å². The van der Waals surface area contributed by atoms with E-state index in [9.17, 15) is 13.2 Å². The summed E-state index contributed by atoms with van der Waals surface area (Å²) in [5.41, 5.74) is 3.86. The predicted molar refractivity (Wildman–Crippen MR) is 117 cm³/mol. The number of pyridine rings is 1. The van der Waals surface area contributed by atoms with Crippen LogP contribution in [0.25, 0.3) is 12.2 Å². The van der Waals surface area contributed by atoms with Gasteiger partial charge < -0.3 is 5.32 Å². The third kappa shape index (κ3) is 6.02.